The van der Waals surface area contributed by atoms with Crippen LogP contribution in [0.25, 0.3) is 11.1 Å². The van der Waals surface area contributed by atoms with Crippen molar-refractivity contribution in [2.45, 2.75) is 80.6 Å². The number of aliphatic hydroxyl groups is 2. The van der Waals surface area contributed by atoms with E-state index in [4.69, 9.17) is 14.2 Å². The lowest BCUT2D eigenvalue weighted by molar-refractivity contribution is -0.218. The van der Waals surface area contributed by atoms with Gasteiger partial charge in [0.2, 0.25) is 5.60 Å². The molecule has 2 aromatic rings. The van der Waals surface area contributed by atoms with Crippen molar-refractivity contribution in [3.05, 3.63) is 82.5 Å². The van der Waals surface area contributed by atoms with Gasteiger partial charge in [-0.3, -0.25) is 14.6 Å². The predicted molar refractivity (Wildman–Crippen MR) is 206 cm³/mol. The minimum Gasteiger partial charge on any atom is -0.496 e. The second-order valence-electron chi connectivity index (χ2n) is 16.8. The maximum Gasteiger partial charge on any atom is 0.342 e. The number of fused-ring (bicyclic) bond motifs is 6. The number of nitrogens with zero attached hydrogens (tertiary/aromatic N) is 3. The number of ether oxygens (including phenoxy) is 3. The van der Waals surface area contributed by atoms with Crippen molar-refractivity contribution in [1.29, 1.82) is 0 Å². The Morgan fingerprint density at radius 3 is 2.44 bits per heavy atom. The molecule has 0 amide bonds. The van der Waals surface area contributed by atoms with Gasteiger partial charge in [-0.1, -0.05) is 61.9 Å². The minimum absolute atomic E-state index is 0.0754. The zero-order chi connectivity index (χ0) is 37.9. The van der Waals surface area contributed by atoms with Gasteiger partial charge < -0.3 is 29.3 Å². The fraction of sp³-hybridized carbons (Fsp3) is 0.545. The molecule has 1 spiro atoms. The quantitative estimate of drug-likeness (QED) is 0.326. The number of carbonyl (C=O) groups excluding carboxylic acids is 2. The second-order valence-corrected chi connectivity index (χ2v) is 16.8. The Morgan fingerprint density at radius 2 is 1.74 bits per heavy atom. The summed E-state index contributed by atoms with van der Waals surface area (Å²) in [6.07, 6.45) is 8.48. The zero-order valence-corrected chi connectivity index (χ0v) is 32.4. The van der Waals surface area contributed by atoms with Crippen LogP contribution in [0.3, 0.4) is 0 Å². The van der Waals surface area contributed by atoms with Crippen molar-refractivity contribution >= 4 is 28.8 Å². The highest BCUT2D eigenvalue weighted by Crippen LogP contribution is 2.68. The van der Waals surface area contributed by atoms with Gasteiger partial charge in [0.1, 0.15) is 17.3 Å². The Bertz CT molecular complexity index is 2040. The number of hydrogen-bond acceptors (Lipinski definition) is 10. The molecule has 2 bridgehead atoms. The Morgan fingerprint density at radius 1 is 0.981 bits per heavy atom. The summed E-state index contributed by atoms with van der Waals surface area (Å²) in [7, 11) is 6.30. The monoisotopic (exact) mass is 735 g/mol. The molecule has 9 rings (SSSR count). The highest BCUT2D eigenvalue weighted by Gasteiger charge is 2.79. The number of aliphatic hydroxyl groups excluding tert-OH is 1. The number of likely N-dealkylation sites (N-methyl/N-ethyl adjacent to an activating group) is 1. The van der Waals surface area contributed by atoms with E-state index >= 15 is 4.79 Å². The number of rotatable bonds is 6. The Balaban J connectivity index is 1.36. The summed E-state index contributed by atoms with van der Waals surface area (Å²) in [4.78, 5) is 36.1. The van der Waals surface area contributed by atoms with Crippen LogP contribution in [0.15, 0.2) is 60.2 Å². The molecule has 7 aliphatic rings. The Hall–Kier alpha value is -3.96. The molecule has 54 heavy (non-hydrogen) atoms. The molecule has 10 heteroatoms. The van der Waals surface area contributed by atoms with Crippen molar-refractivity contribution in [1.82, 2.24) is 9.80 Å². The molecular formula is C44H53N3O7. The fourth-order valence-corrected chi connectivity index (χ4v) is 12.8. The first-order valence-electron chi connectivity index (χ1n) is 19.7. The van der Waals surface area contributed by atoms with Crippen LogP contribution in [0.5, 0.6) is 5.75 Å². The van der Waals surface area contributed by atoms with Gasteiger partial charge >= 0.3 is 11.9 Å². The number of carbonyl (C=O) groups is 2. The predicted octanol–water partition coefficient (Wildman–Crippen LogP) is 4.47. The third kappa shape index (κ3) is 4.20. The van der Waals surface area contributed by atoms with E-state index in [0.29, 0.717) is 31.6 Å². The smallest absolute Gasteiger partial charge is 0.342 e. The topological polar surface area (TPSA) is 112 Å². The van der Waals surface area contributed by atoms with E-state index < -0.39 is 40.0 Å². The minimum atomic E-state index is -2.26. The van der Waals surface area contributed by atoms with E-state index in [1.807, 2.05) is 37.1 Å². The van der Waals surface area contributed by atoms with Gasteiger partial charge in [0.05, 0.1) is 27.4 Å². The molecule has 286 valence electrons. The van der Waals surface area contributed by atoms with Crippen LogP contribution in [0.2, 0.25) is 0 Å². The first-order valence-corrected chi connectivity index (χ1v) is 19.7. The standard InChI is InChI=1S/C44H53N3O7/c1-7-26-20-27-23-43(39(49)53-5,35-29-13-10-9-12-28(29)30(35)14-18-46(24-26)25-27)32-21-31-33(22-34(32)52-4)45(3)37-42(31)16-19-47-17-11-15-41(8-2,36(42)47)38(48)44(37,51)40(50)54-6/h9-13,15,20-22,27,36-38,48,51H,7-8,14,16-19,23-25H2,1-6H3/t27-,36+,37-,38-,41-,42-,43+,44+/m1/s1. The molecule has 2 fully saturated rings. The lowest BCUT2D eigenvalue weighted by atomic mass is 9.47. The largest absolute Gasteiger partial charge is 0.496 e. The summed E-state index contributed by atoms with van der Waals surface area (Å²) in [5.74, 6) is -0.550. The van der Waals surface area contributed by atoms with Crippen LogP contribution in [-0.2, 0) is 29.9 Å². The first-order chi connectivity index (χ1) is 26.0. The van der Waals surface area contributed by atoms with Crippen LogP contribution < -0.4 is 9.64 Å². The van der Waals surface area contributed by atoms with Crippen LogP contribution in [-0.4, -0.2) is 117 Å². The van der Waals surface area contributed by atoms with Crippen molar-refractivity contribution in [3.8, 4) is 5.75 Å². The molecule has 2 N–H and O–H groups in total. The van der Waals surface area contributed by atoms with Gasteiger partial charge in [0.25, 0.3) is 0 Å². The average molecular weight is 736 g/mol. The summed E-state index contributed by atoms with van der Waals surface area (Å²) in [6, 6.07) is 11.5. The van der Waals surface area contributed by atoms with Crippen molar-refractivity contribution < 1.29 is 34.0 Å². The second kappa shape index (κ2) is 12.3. The van der Waals surface area contributed by atoms with Crippen LogP contribution in [0.4, 0.5) is 5.69 Å². The summed E-state index contributed by atoms with van der Waals surface area (Å²) < 4.78 is 17.6. The molecule has 5 heterocycles. The fourth-order valence-electron chi connectivity index (χ4n) is 12.8. The zero-order valence-electron chi connectivity index (χ0n) is 32.4. The van der Waals surface area contributed by atoms with E-state index in [0.717, 1.165) is 67.0 Å². The van der Waals surface area contributed by atoms with Gasteiger partial charge in [0.15, 0.2) is 0 Å². The van der Waals surface area contributed by atoms with E-state index in [1.165, 1.54) is 30.9 Å². The summed E-state index contributed by atoms with van der Waals surface area (Å²) in [5.41, 5.74) is 3.09. The highest BCUT2D eigenvalue weighted by molar-refractivity contribution is 6.15. The normalized spacial score (nSPS) is 37.3. The van der Waals surface area contributed by atoms with Gasteiger partial charge in [-0.15, -0.1) is 0 Å². The molecule has 1 saturated carbocycles. The van der Waals surface area contributed by atoms with E-state index in [-0.39, 0.29) is 17.9 Å². The van der Waals surface area contributed by atoms with Crippen LogP contribution in [0, 0.1) is 11.3 Å². The number of anilines is 1. The van der Waals surface area contributed by atoms with Gasteiger partial charge in [-0.25, -0.2) is 4.79 Å². The SMILES string of the molecule is CCC1=C[C@H]2CN(CCC3=C(c4ccccc43)[C@@](C(=O)OC)(c3cc4c(cc3OC)N(C)[C@H]3[C@@](O)(C(=O)OC)[C@H](O)[C@]5(CC)C=CCN6CC[C@]43[C@@H]65)C2)C1. The Kier molecular flexibility index (Phi) is 8.12. The molecule has 5 aliphatic heterocycles. The summed E-state index contributed by atoms with van der Waals surface area (Å²) in [5, 5.41) is 25.3. The van der Waals surface area contributed by atoms with E-state index in [2.05, 4.69) is 53.1 Å². The lowest BCUT2D eigenvalue weighted by Crippen LogP contribution is -2.80. The summed E-state index contributed by atoms with van der Waals surface area (Å²) >= 11 is 0. The number of benzene rings is 2. The molecule has 1 saturated heterocycles. The highest BCUT2D eigenvalue weighted by atomic mass is 16.5. The van der Waals surface area contributed by atoms with Gasteiger partial charge in [0, 0.05) is 67.4 Å². The number of esters is 2. The van der Waals surface area contributed by atoms with Crippen molar-refractivity contribution in [2.75, 3.05) is 66.0 Å². The van der Waals surface area contributed by atoms with E-state index in [9.17, 15) is 15.0 Å². The van der Waals surface area contributed by atoms with Crippen LogP contribution in [0.1, 0.15) is 68.2 Å². The lowest BCUT2D eigenvalue weighted by Gasteiger charge is -2.63. The molecule has 10 nitrogen and oxygen atoms in total. The molecule has 2 aliphatic carbocycles. The third-order valence-corrected chi connectivity index (χ3v) is 14.8. The molecule has 2 aromatic carbocycles. The maximum atomic E-state index is 15.1. The van der Waals surface area contributed by atoms with Crippen molar-refractivity contribution in [2.24, 2.45) is 11.3 Å². The van der Waals surface area contributed by atoms with Crippen molar-refractivity contribution in [3.63, 3.8) is 0 Å². The molecule has 9 atom stereocenters. The van der Waals surface area contributed by atoms with E-state index in [1.54, 1.807) is 7.11 Å². The molecule has 0 aromatic heterocycles. The average Bonchev–Trinajstić information content (AvgIpc) is 3.71. The molecular weight excluding hydrogens is 682 g/mol. The van der Waals surface area contributed by atoms with Crippen LogP contribution >= 0.6 is 0 Å². The maximum absolute atomic E-state index is 15.1. The van der Waals surface area contributed by atoms with Gasteiger partial charge in [-0.2, -0.15) is 0 Å². The van der Waals surface area contributed by atoms with Gasteiger partial charge in [-0.05, 0) is 78.5 Å². The number of hydrogen-bond donors (Lipinski definition) is 2. The molecule has 0 radical (unpaired) electrons. The number of methoxy groups -OCH3 is 3. The molecule has 1 unspecified atom stereocenters. The first kappa shape index (κ1) is 35.7. The third-order valence-electron chi connectivity index (χ3n) is 14.8. The summed E-state index contributed by atoms with van der Waals surface area (Å²) in [6.45, 7) is 8.33. The Labute approximate surface area is 318 Å².